The lowest BCUT2D eigenvalue weighted by atomic mass is 9.72. The lowest BCUT2D eigenvalue weighted by molar-refractivity contribution is -0.112. The molecule has 3 aliphatic rings. The van der Waals surface area contributed by atoms with E-state index in [1.165, 1.54) is 6.92 Å². The zero-order valence-electron chi connectivity index (χ0n) is 13.0. The van der Waals surface area contributed by atoms with Gasteiger partial charge < -0.3 is 14.9 Å². The van der Waals surface area contributed by atoms with Crippen molar-refractivity contribution < 1.29 is 24.5 Å². The standard InChI is InChI=1S/C18H18O5/c1-8-7-23-17-10-3-5-11-9(4-6-12(19)18(11,2)22)14(10)16(21)15(20)13(8)17/h3,5,8,12,19,22H,4,6-7H2,1-2H3/t8-,12+,18-/m0/s1. The van der Waals surface area contributed by atoms with E-state index in [0.717, 1.165) is 0 Å². The van der Waals surface area contributed by atoms with E-state index in [-0.39, 0.29) is 5.92 Å². The summed E-state index contributed by atoms with van der Waals surface area (Å²) in [4.78, 5) is 25.2. The fourth-order valence-corrected chi connectivity index (χ4v) is 3.95. The number of Topliss-reactive ketones (excluding diaryl/α,β-unsaturated/α-hetero) is 2. The van der Waals surface area contributed by atoms with Crippen LogP contribution in [0.5, 0.6) is 0 Å². The normalized spacial score (nSPS) is 32.3. The van der Waals surface area contributed by atoms with Gasteiger partial charge in [-0.15, -0.1) is 0 Å². The fraction of sp³-hybridized carbons (Fsp3) is 0.444. The SMILES string of the molecule is C[C@H]1COC2=C1C(=O)C(=O)c1c2ccc2c1CC[C@@H](O)[C@@]2(C)O. The van der Waals surface area contributed by atoms with Gasteiger partial charge in [0.05, 0.1) is 18.3 Å². The quantitative estimate of drug-likeness (QED) is 0.706. The predicted molar refractivity (Wildman–Crippen MR) is 81.7 cm³/mol. The van der Waals surface area contributed by atoms with Gasteiger partial charge in [-0.05, 0) is 30.9 Å². The topological polar surface area (TPSA) is 83.8 Å². The van der Waals surface area contributed by atoms with Gasteiger partial charge in [-0.25, -0.2) is 0 Å². The Kier molecular flexibility index (Phi) is 2.87. The Morgan fingerprint density at radius 2 is 2.00 bits per heavy atom. The zero-order valence-corrected chi connectivity index (χ0v) is 13.0. The van der Waals surface area contributed by atoms with Crippen LogP contribution in [0.4, 0.5) is 0 Å². The molecule has 3 atom stereocenters. The van der Waals surface area contributed by atoms with Crippen LogP contribution < -0.4 is 0 Å². The van der Waals surface area contributed by atoms with E-state index < -0.39 is 23.3 Å². The second-order valence-electron chi connectivity index (χ2n) is 6.83. The van der Waals surface area contributed by atoms with Crippen LogP contribution in [0.15, 0.2) is 17.7 Å². The summed E-state index contributed by atoms with van der Waals surface area (Å²) in [6.07, 6.45) is -0.0892. The first kappa shape index (κ1) is 14.6. The Morgan fingerprint density at radius 3 is 2.74 bits per heavy atom. The van der Waals surface area contributed by atoms with Crippen molar-refractivity contribution in [2.45, 2.75) is 38.4 Å². The minimum atomic E-state index is -1.43. The van der Waals surface area contributed by atoms with Crippen LogP contribution in [-0.2, 0) is 21.6 Å². The highest BCUT2D eigenvalue weighted by Crippen LogP contribution is 2.44. The van der Waals surface area contributed by atoms with Gasteiger partial charge in [-0.3, -0.25) is 9.59 Å². The third-order valence-electron chi connectivity index (χ3n) is 5.31. The van der Waals surface area contributed by atoms with Gasteiger partial charge in [0.25, 0.3) is 0 Å². The number of aliphatic hydroxyl groups is 2. The molecule has 23 heavy (non-hydrogen) atoms. The molecule has 0 unspecified atom stereocenters. The molecule has 2 aliphatic carbocycles. The summed E-state index contributed by atoms with van der Waals surface area (Å²) in [6, 6.07) is 3.45. The summed E-state index contributed by atoms with van der Waals surface area (Å²) in [5, 5.41) is 20.6. The minimum absolute atomic E-state index is 0.0874. The Labute approximate surface area is 133 Å². The van der Waals surface area contributed by atoms with Gasteiger partial charge >= 0.3 is 0 Å². The molecule has 0 aromatic heterocycles. The van der Waals surface area contributed by atoms with Crippen molar-refractivity contribution in [1.29, 1.82) is 0 Å². The smallest absolute Gasteiger partial charge is 0.234 e. The summed E-state index contributed by atoms with van der Waals surface area (Å²) in [5.41, 5.74) is 1.19. The molecule has 0 saturated carbocycles. The van der Waals surface area contributed by atoms with E-state index in [9.17, 15) is 19.8 Å². The van der Waals surface area contributed by atoms with Crippen LogP contribution in [0.25, 0.3) is 5.76 Å². The van der Waals surface area contributed by atoms with E-state index in [0.29, 0.717) is 53.0 Å². The molecular weight excluding hydrogens is 296 g/mol. The fourth-order valence-electron chi connectivity index (χ4n) is 3.95. The highest BCUT2D eigenvalue weighted by Gasteiger charge is 2.45. The number of carbonyl (C=O) groups excluding carboxylic acids is 2. The number of benzene rings is 1. The number of ketones is 2. The summed E-state index contributed by atoms with van der Waals surface area (Å²) in [6.45, 7) is 3.81. The first-order chi connectivity index (χ1) is 10.8. The highest BCUT2D eigenvalue weighted by molar-refractivity contribution is 6.52. The van der Waals surface area contributed by atoms with Crippen molar-refractivity contribution in [1.82, 2.24) is 0 Å². The van der Waals surface area contributed by atoms with Crippen LogP contribution in [0.2, 0.25) is 0 Å². The van der Waals surface area contributed by atoms with Gasteiger partial charge in [0.2, 0.25) is 11.6 Å². The Hall–Kier alpha value is -1.98. The average molecular weight is 314 g/mol. The van der Waals surface area contributed by atoms with Crippen LogP contribution in [0.3, 0.4) is 0 Å². The van der Waals surface area contributed by atoms with E-state index in [2.05, 4.69) is 0 Å². The molecule has 4 rings (SSSR count). The van der Waals surface area contributed by atoms with Gasteiger partial charge in [-0.1, -0.05) is 19.1 Å². The molecule has 2 N–H and O–H groups in total. The van der Waals surface area contributed by atoms with E-state index in [4.69, 9.17) is 4.74 Å². The number of aliphatic hydroxyl groups excluding tert-OH is 1. The number of fused-ring (bicyclic) bond motifs is 4. The Morgan fingerprint density at radius 1 is 1.26 bits per heavy atom. The monoisotopic (exact) mass is 314 g/mol. The molecule has 5 nitrogen and oxygen atoms in total. The summed E-state index contributed by atoms with van der Waals surface area (Å²) < 4.78 is 5.67. The maximum atomic E-state index is 12.7. The molecule has 120 valence electrons. The number of carbonyl (C=O) groups is 2. The predicted octanol–water partition coefficient (Wildman–Crippen LogP) is 1.34. The van der Waals surface area contributed by atoms with Crippen LogP contribution in [0.1, 0.15) is 47.3 Å². The van der Waals surface area contributed by atoms with Crippen LogP contribution in [-0.4, -0.2) is 34.5 Å². The van der Waals surface area contributed by atoms with Gasteiger partial charge in [0.15, 0.2) is 0 Å². The van der Waals surface area contributed by atoms with Gasteiger partial charge in [-0.2, -0.15) is 0 Å². The zero-order chi connectivity index (χ0) is 16.5. The minimum Gasteiger partial charge on any atom is -0.492 e. The summed E-state index contributed by atoms with van der Waals surface area (Å²) in [7, 11) is 0. The van der Waals surface area contributed by atoms with Crippen molar-refractivity contribution in [3.8, 4) is 0 Å². The second-order valence-corrected chi connectivity index (χ2v) is 6.83. The lowest BCUT2D eigenvalue weighted by Crippen LogP contribution is -2.42. The molecular formula is C18H18O5. The molecule has 0 saturated heterocycles. The third-order valence-corrected chi connectivity index (χ3v) is 5.31. The molecule has 0 bridgehead atoms. The Balaban J connectivity index is 2.00. The van der Waals surface area contributed by atoms with E-state index in [1.807, 2.05) is 6.92 Å². The number of ether oxygens (including phenoxy) is 1. The molecule has 1 heterocycles. The van der Waals surface area contributed by atoms with Gasteiger partial charge in [0.1, 0.15) is 11.4 Å². The lowest BCUT2D eigenvalue weighted by Gasteiger charge is -2.37. The molecule has 0 amide bonds. The largest absolute Gasteiger partial charge is 0.492 e. The number of hydrogen-bond donors (Lipinski definition) is 2. The van der Waals surface area contributed by atoms with Gasteiger partial charge in [0, 0.05) is 17.0 Å². The molecule has 1 aromatic rings. The van der Waals surface area contributed by atoms with Crippen molar-refractivity contribution in [3.63, 3.8) is 0 Å². The maximum Gasteiger partial charge on any atom is 0.234 e. The van der Waals surface area contributed by atoms with Crippen molar-refractivity contribution in [2.24, 2.45) is 5.92 Å². The molecule has 1 aliphatic heterocycles. The molecule has 0 spiro atoms. The van der Waals surface area contributed by atoms with E-state index >= 15 is 0 Å². The third kappa shape index (κ3) is 1.75. The second kappa shape index (κ2) is 4.52. The molecule has 0 radical (unpaired) electrons. The summed E-state index contributed by atoms with van der Waals surface area (Å²) >= 11 is 0. The molecule has 5 heteroatoms. The van der Waals surface area contributed by atoms with Crippen molar-refractivity contribution >= 4 is 17.3 Å². The average Bonchev–Trinajstić information content (AvgIpc) is 2.90. The molecule has 0 fully saturated rings. The van der Waals surface area contributed by atoms with Crippen LogP contribution >= 0.6 is 0 Å². The first-order valence-electron chi connectivity index (χ1n) is 7.87. The van der Waals surface area contributed by atoms with E-state index in [1.54, 1.807) is 12.1 Å². The van der Waals surface area contributed by atoms with Crippen molar-refractivity contribution in [2.75, 3.05) is 6.61 Å². The summed E-state index contributed by atoms with van der Waals surface area (Å²) in [5.74, 6) is -0.613. The highest BCUT2D eigenvalue weighted by atomic mass is 16.5. The number of hydrogen-bond acceptors (Lipinski definition) is 5. The van der Waals surface area contributed by atoms with Crippen molar-refractivity contribution in [3.05, 3.63) is 40.0 Å². The number of rotatable bonds is 0. The van der Waals surface area contributed by atoms with Crippen LogP contribution in [0, 0.1) is 5.92 Å². The molecule has 1 aromatic carbocycles. The maximum absolute atomic E-state index is 12.7. The first-order valence-corrected chi connectivity index (χ1v) is 7.87. The Bertz CT molecular complexity index is 787.